The van der Waals surface area contributed by atoms with Crippen LogP contribution in [0.25, 0.3) is 0 Å². The van der Waals surface area contributed by atoms with Crippen molar-refractivity contribution in [1.29, 1.82) is 0 Å². The Morgan fingerprint density at radius 3 is 2.26 bits per heavy atom. The minimum absolute atomic E-state index is 0.0711. The molecule has 0 bridgehead atoms. The number of hydrogen-bond acceptors (Lipinski definition) is 3. The second kappa shape index (κ2) is 6.22. The Morgan fingerprint density at radius 1 is 1.16 bits per heavy atom. The molecule has 1 N–H and O–H groups in total. The Morgan fingerprint density at radius 2 is 1.74 bits per heavy atom. The summed E-state index contributed by atoms with van der Waals surface area (Å²) in [7, 11) is 0. The number of hydrogen-bond donors (Lipinski definition) is 1. The lowest BCUT2D eigenvalue weighted by atomic mass is 9.87. The maximum absolute atomic E-state index is 12.5. The van der Waals surface area contributed by atoms with Crippen molar-refractivity contribution in [2.24, 2.45) is 5.92 Å². The van der Waals surface area contributed by atoms with E-state index in [2.05, 4.69) is 4.98 Å². The smallest absolute Gasteiger partial charge is 0.387 e. The second-order valence-corrected chi connectivity index (χ2v) is 6.18. The molecule has 1 aromatic rings. The van der Waals surface area contributed by atoms with Gasteiger partial charge in [0.15, 0.2) is 5.01 Å². The zero-order chi connectivity index (χ0) is 13.9. The SMILES string of the molecule is OC(c1cnc(C(F)(F)F)s1)C1CCCCCCC1. The predicted octanol–water partition coefficient (Wildman–Crippen LogP) is 4.56. The van der Waals surface area contributed by atoms with E-state index in [1.54, 1.807) is 0 Å². The maximum atomic E-state index is 12.5. The average molecular weight is 293 g/mol. The Balaban J connectivity index is 2.05. The highest BCUT2D eigenvalue weighted by atomic mass is 32.1. The van der Waals surface area contributed by atoms with Crippen LogP contribution in [-0.2, 0) is 6.18 Å². The van der Waals surface area contributed by atoms with E-state index in [0.717, 1.165) is 38.5 Å². The van der Waals surface area contributed by atoms with E-state index in [1.807, 2.05) is 0 Å². The number of aromatic nitrogens is 1. The molecule has 2 rings (SSSR count). The number of rotatable bonds is 2. The van der Waals surface area contributed by atoms with Gasteiger partial charge >= 0.3 is 6.18 Å². The molecular weight excluding hydrogens is 275 g/mol. The summed E-state index contributed by atoms with van der Waals surface area (Å²) < 4.78 is 37.5. The first-order valence-electron chi connectivity index (χ1n) is 6.69. The molecule has 6 heteroatoms. The predicted molar refractivity (Wildman–Crippen MR) is 67.9 cm³/mol. The molecule has 1 aliphatic carbocycles. The lowest BCUT2D eigenvalue weighted by Gasteiger charge is -2.23. The Kier molecular flexibility index (Phi) is 4.84. The summed E-state index contributed by atoms with van der Waals surface area (Å²) in [6.45, 7) is 0. The van der Waals surface area contributed by atoms with Crippen molar-refractivity contribution in [3.05, 3.63) is 16.1 Å². The molecule has 1 fully saturated rings. The highest BCUT2D eigenvalue weighted by molar-refractivity contribution is 7.11. The van der Waals surface area contributed by atoms with Crippen molar-refractivity contribution in [2.45, 2.75) is 57.2 Å². The third-order valence-electron chi connectivity index (χ3n) is 3.65. The largest absolute Gasteiger partial charge is 0.443 e. The minimum Gasteiger partial charge on any atom is -0.387 e. The summed E-state index contributed by atoms with van der Waals surface area (Å²) in [5, 5.41) is 9.38. The van der Waals surface area contributed by atoms with Crippen molar-refractivity contribution in [2.75, 3.05) is 0 Å². The number of aliphatic hydroxyl groups excluding tert-OH is 1. The first-order chi connectivity index (χ1) is 8.98. The van der Waals surface area contributed by atoms with Gasteiger partial charge in [0.05, 0.1) is 11.0 Å². The van der Waals surface area contributed by atoms with Gasteiger partial charge in [0.1, 0.15) is 0 Å². The molecule has 0 aromatic carbocycles. The molecule has 1 aliphatic rings. The van der Waals surface area contributed by atoms with Crippen molar-refractivity contribution in [1.82, 2.24) is 4.98 Å². The van der Waals surface area contributed by atoms with E-state index in [4.69, 9.17) is 0 Å². The first kappa shape index (κ1) is 14.8. The van der Waals surface area contributed by atoms with Gasteiger partial charge < -0.3 is 5.11 Å². The Bertz CT molecular complexity index is 397. The third kappa shape index (κ3) is 3.92. The van der Waals surface area contributed by atoms with Crippen LogP contribution in [0.15, 0.2) is 6.20 Å². The van der Waals surface area contributed by atoms with E-state index in [9.17, 15) is 18.3 Å². The Hall–Kier alpha value is -0.620. The zero-order valence-electron chi connectivity index (χ0n) is 10.6. The van der Waals surface area contributed by atoms with Gasteiger partial charge in [0.2, 0.25) is 0 Å². The molecule has 0 amide bonds. The number of aliphatic hydroxyl groups is 1. The van der Waals surface area contributed by atoms with E-state index in [0.29, 0.717) is 16.2 Å². The molecule has 0 saturated heterocycles. The summed E-state index contributed by atoms with van der Waals surface area (Å²) >= 11 is 0.567. The first-order valence-corrected chi connectivity index (χ1v) is 7.51. The molecule has 1 heterocycles. The van der Waals surface area contributed by atoms with Crippen LogP contribution in [-0.4, -0.2) is 10.1 Å². The zero-order valence-corrected chi connectivity index (χ0v) is 11.4. The number of alkyl halides is 3. The summed E-state index contributed by atoms with van der Waals surface area (Å²) in [5.41, 5.74) is 0. The lowest BCUT2D eigenvalue weighted by molar-refractivity contribution is -0.137. The fourth-order valence-corrected chi connectivity index (χ4v) is 3.45. The third-order valence-corrected chi connectivity index (χ3v) is 4.77. The summed E-state index contributed by atoms with van der Waals surface area (Å²) in [5.74, 6) is 0.0711. The molecule has 1 saturated carbocycles. The van der Waals surface area contributed by atoms with Gasteiger partial charge in [-0.2, -0.15) is 13.2 Å². The summed E-state index contributed by atoms with van der Waals surface area (Å²) in [4.78, 5) is 3.72. The molecule has 108 valence electrons. The van der Waals surface area contributed by atoms with Crippen molar-refractivity contribution in [3.8, 4) is 0 Å². The van der Waals surface area contributed by atoms with Crippen molar-refractivity contribution >= 4 is 11.3 Å². The monoisotopic (exact) mass is 293 g/mol. The van der Waals surface area contributed by atoms with Gasteiger partial charge in [-0.3, -0.25) is 0 Å². The van der Waals surface area contributed by atoms with Crippen LogP contribution in [0.5, 0.6) is 0 Å². The molecular formula is C13H18F3NOS. The quantitative estimate of drug-likeness (QED) is 0.867. The van der Waals surface area contributed by atoms with Gasteiger partial charge in [0.25, 0.3) is 0 Å². The molecule has 0 aliphatic heterocycles. The van der Waals surface area contributed by atoms with Crippen LogP contribution in [0, 0.1) is 5.92 Å². The van der Waals surface area contributed by atoms with Gasteiger partial charge in [-0.05, 0) is 18.8 Å². The molecule has 1 atom stereocenters. The fraction of sp³-hybridized carbons (Fsp3) is 0.769. The Labute approximate surface area is 114 Å². The second-order valence-electron chi connectivity index (χ2n) is 5.12. The van der Waals surface area contributed by atoms with Crippen LogP contribution in [0.4, 0.5) is 13.2 Å². The van der Waals surface area contributed by atoms with Crippen LogP contribution in [0.3, 0.4) is 0 Å². The molecule has 19 heavy (non-hydrogen) atoms. The molecule has 0 radical (unpaired) electrons. The van der Waals surface area contributed by atoms with Crippen LogP contribution < -0.4 is 0 Å². The van der Waals surface area contributed by atoms with E-state index < -0.39 is 17.3 Å². The van der Waals surface area contributed by atoms with Crippen LogP contribution in [0.1, 0.15) is 60.9 Å². The molecule has 2 nitrogen and oxygen atoms in total. The van der Waals surface area contributed by atoms with Gasteiger partial charge in [-0.15, -0.1) is 11.3 Å². The summed E-state index contributed by atoms with van der Waals surface area (Å²) in [6, 6.07) is 0. The normalized spacial score (nSPS) is 20.8. The lowest BCUT2D eigenvalue weighted by Crippen LogP contribution is -2.13. The molecule has 1 aromatic heterocycles. The standard InChI is InChI=1S/C13H18F3NOS/c14-13(15,16)12-17-8-10(19-12)11(18)9-6-4-2-1-3-5-7-9/h8-9,11,18H,1-7H2. The van der Waals surface area contributed by atoms with Gasteiger partial charge in [-0.25, -0.2) is 4.98 Å². The number of nitrogens with zero attached hydrogens (tertiary/aromatic N) is 1. The van der Waals surface area contributed by atoms with E-state index in [-0.39, 0.29) is 5.92 Å². The van der Waals surface area contributed by atoms with E-state index in [1.165, 1.54) is 12.6 Å². The number of halogens is 3. The summed E-state index contributed by atoms with van der Waals surface area (Å²) in [6.07, 6.45) is 3.37. The maximum Gasteiger partial charge on any atom is 0.443 e. The van der Waals surface area contributed by atoms with E-state index >= 15 is 0 Å². The highest BCUT2D eigenvalue weighted by Gasteiger charge is 2.36. The van der Waals surface area contributed by atoms with Gasteiger partial charge in [0, 0.05) is 6.20 Å². The topological polar surface area (TPSA) is 33.1 Å². The van der Waals surface area contributed by atoms with Gasteiger partial charge in [-0.1, -0.05) is 32.1 Å². The van der Waals surface area contributed by atoms with Crippen molar-refractivity contribution < 1.29 is 18.3 Å². The number of thiazole rings is 1. The average Bonchev–Trinajstić information content (AvgIpc) is 2.76. The minimum atomic E-state index is -4.41. The fourth-order valence-electron chi connectivity index (χ4n) is 2.59. The van der Waals surface area contributed by atoms with Crippen LogP contribution in [0.2, 0.25) is 0 Å². The van der Waals surface area contributed by atoms with Crippen LogP contribution >= 0.6 is 11.3 Å². The molecule has 0 spiro atoms. The highest BCUT2D eigenvalue weighted by Crippen LogP contribution is 2.38. The van der Waals surface area contributed by atoms with Crippen molar-refractivity contribution in [3.63, 3.8) is 0 Å². The molecule has 1 unspecified atom stereocenters.